The fraction of sp³-hybridized carbons (Fsp3) is 0.360. The normalized spacial score (nSPS) is 15.9. The van der Waals surface area contributed by atoms with Crippen molar-refractivity contribution in [3.05, 3.63) is 65.5 Å². The number of pyridine rings is 1. The van der Waals surface area contributed by atoms with E-state index in [0.717, 1.165) is 10.6 Å². The Morgan fingerprint density at radius 2 is 1.93 bits per heavy atom. The van der Waals surface area contributed by atoms with Crippen LogP contribution in [-0.2, 0) is 27.5 Å². The van der Waals surface area contributed by atoms with Gasteiger partial charge in [-0.1, -0.05) is 6.07 Å². The van der Waals surface area contributed by atoms with Gasteiger partial charge in [-0.25, -0.2) is 18.4 Å². The molecule has 15 heteroatoms. The van der Waals surface area contributed by atoms with Crippen LogP contribution in [0.15, 0.2) is 48.8 Å². The number of nitrogens with one attached hydrogen (secondary N) is 2. The fourth-order valence-electron chi connectivity index (χ4n) is 3.99. The lowest BCUT2D eigenvalue weighted by Crippen LogP contribution is -2.47. The molecule has 0 radical (unpaired) electrons. The molecule has 1 atom stereocenters. The number of halogens is 3. The van der Waals surface area contributed by atoms with E-state index in [2.05, 4.69) is 25.6 Å². The number of carbonyl (C=O) groups is 1. The quantitative estimate of drug-likeness (QED) is 0.412. The molecule has 1 saturated heterocycles. The number of amides is 1. The zero-order chi connectivity index (χ0) is 29.1. The molecule has 0 aliphatic carbocycles. The van der Waals surface area contributed by atoms with Gasteiger partial charge in [-0.3, -0.25) is 9.10 Å². The maximum absolute atomic E-state index is 13.7. The topological polar surface area (TPSA) is 130 Å². The summed E-state index contributed by atoms with van der Waals surface area (Å²) in [5, 5.41) is 5.49. The highest BCUT2D eigenvalue weighted by Gasteiger charge is 2.35. The third-order valence-electron chi connectivity index (χ3n) is 6.22. The van der Waals surface area contributed by atoms with Gasteiger partial charge in [-0.15, -0.1) is 0 Å². The van der Waals surface area contributed by atoms with Crippen LogP contribution < -0.4 is 14.9 Å². The first kappa shape index (κ1) is 29.0. The van der Waals surface area contributed by atoms with Crippen LogP contribution in [0.2, 0.25) is 0 Å². The number of carbonyl (C=O) groups excluding carboxylic acids is 1. The Hall–Kier alpha value is -3.98. The van der Waals surface area contributed by atoms with Gasteiger partial charge in [0, 0.05) is 49.3 Å². The van der Waals surface area contributed by atoms with E-state index in [9.17, 15) is 26.4 Å². The Bertz CT molecular complexity index is 1470. The Balaban J connectivity index is 1.53. The van der Waals surface area contributed by atoms with Crippen LogP contribution >= 0.6 is 0 Å². The molecular formula is C25H28F3N7O4S. The second-order valence-electron chi connectivity index (χ2n) is 9.15. The Kier molecular flexibility index (Phi) is 8.44. The van der Waals surface area contributed by atoms with Crippen LogP contribution in [0, 0.1) is 0 Å². The average molecular weight is 580 g/mol. The summed E-state index contributed by atoms with van der Waals surface area (Å²) < 4.78 is 71.4. The number of rotatable bonds is 8. The van der Waals surface area contributed by atoms with Crippen molar-refractivity contribution >= 4 is 39.2 Å². The van der Waals surface area contributed by atoms with Crippen molar-refractivity contribution in [2.45, 2.75) is 25.7 Å². The molecule has 2 aromatic heterocycles. The molecule has 0 spiro atoms. The van der Waals surface area contributed by atoms with Gasteiger partial charge in [0.2, 0.25) is 16.0 Å². The first-order valence-corrected chi connectivity index (χ1v) is 14.0. The molecule has 1 fully saturated rings. The van der Waals surface area contributed by atoms with Crippen LogP contribution in [-0.4, -0.2) is 73.3 Å². The summed E-state index contributed by atoms with van der Waals surface area (Å²) in [6.07, 6.45) is -1.72. The molecule has 0 saturated carbocycles. The van der Waals surface area contributed by atoms with Crippen LogP contribution in [0.1, 0.15) is 28.4 Å². The van der Waals surface area contributed by atoms with E-state index >= 15 is 0 Å². The Morgan fingerprint density at radius 3 is 2.58 bits per heavy atom. The number of ether oxygens (including phenoxy) is 1. The number of hydrogen-bond acceptors (Lipinski definition) is 9. The number of nitrogens with zero attached hydrogens (tertiary/aromatic N) is 5. The molecule has 1 aliphatic heterocycles. The lowest BCUT2D eigenvalue weighted by Gasteiger charge is -2.33. The van der Waals surface area contributed by atoms with E-state index in [1.54, 1.807) is 41.3 Å². The monoisotopic (exact) mass is 579 g/mol. The fourth-order valence-corrected chi connectivity index (χ4v) is 4.47. The van der Waals surface area contributed by atoms with Crippen molar-refractivity contribution in [3.63, 3.8) is 0 Å². The third-order valence-corrected chi connectivity index (χ3v) is 7.39. The molecule has 3 aromatic rings. The van der Waals surface area contributed by atoms with Crippen molar-refractivity contribution in [1.29, 1.82) is 0 Å². The predicted molar refractivity (Wildman–Crippen MR) is 143 cm³/mol. The second-order valence-corrected chi connectivity index (χ2v) is 11.2. The van der Waals surface area contributed by atoms with Crippen LogP contribution in [0.3, 0.4) is 0 Å². The lowest BCUT2D eigenvalue weighted by atomic mass is 10.1. The van der Waals surface area contributed by atoms with Gasteiger partial charge in [0.1, 0.15) is 17.2 Å². The van der Waals surface area contributed by atoms with Crippen LogP contribution in [0.4, 0.5) is 36.4 Å². The SMILES string of the molecule is C[C@H]1COCCN1C(=O)c1ccc(Nc2ncc(C(F)(F)F)c(NCc3cccnc3N(C)S(C)(=O)=O)n2)cc1. The van der Waals surface area contributed by atoms with Gasteiger partial charge < -0.3 is 20.3 Å². The largest absolute Gasteiger partial charge is 0.421 e. The summed E-state index contributed by atoms with van der Waals surface area (Å²) in [7, 11) is -2.35. The van der Waals surface area contributed by atoms with Gasteiger partial charge in [0.25, 0.3) is 5.91 Å². The second kappa shape index (κ2) is 11.6. The van der Waals surface area contributed by atoms with Crippen LogP contribution in [0.25, 0.3) is 0 Å². The minimum Gasteiger partial charge on any atom is -0.377 e. The van der Waals surface area contributed by atoms with Gasteiger partial charge >= 0.3 is 6.18 Å². The molecule has 1 aromatic carbocycles. The molecule has 11 nitrogen and oxygen atoms in total. The number of morpholine rings is 1. The van der Waals surface area contributed by atoms with Crippen LogP contribution in [0.5, 0.6) is 0 Å². The zero-order valence-corrected chi connectivity index (χ0v) is 22.8. The molecule has 3 heterocycles. The number of benzene rings is 1. The van der Waals surface area contributed by atoms with Crippen molar-refractivity contribution in [1.82, 2.24) is 19.9 Å². The molecule has 40 heavy (non-hydrogen) atoms. The summed E-state index contributed by atoms with van der Waals surface area (Å²) in [4.78, 5) is 26.4. The van der Waals surface area contributed by atoms with Crippen molar-refractivity contribution in [2.75, 3.05) is 48.0 Å². The van der Waals surface area contributed by atoms with Gasteiger partial charge in [0.15, 0.2) is 0 Å². The molecule has 0 bridgehead atoms. The highest BCUT2D eigenvalue weighted by Crippen LogP contribution is 2.34. The van der Waals surface area contributed by atoms with Gasteiger partial charge in [-0.05, 0) is 37.3 Å². The maximum atomic E-state index is 13.7. The van der Waals surface area contributed by atoms with Crippen molar-refractivity contribution in [2.24, 2.45) is 0 Å². The third kappa shape index (κ3) is 6.77. The smallest absolute Gasteiger partial charge is 0.377 e. The van der Waals surface area contributed by atoms with Crippen molar-refractivity contribution < 1.29 is 31.1 Å². The number of anilines is 4. The predicted octanol–water partition coefficient (Wildman–Crippen LogP) is 3.50. The maximum Gasteiger partial charge on any atom is 0.421 e. The number of hydrogen-bond donors (Lipinski definition) is 2. The number of aromatic nitrogens is 3. The van der Waals surface area contributed by atoms with E-state index < -0.39 is 27.6 Å². The first-order valence-electron chi connectivity index (χ1n) is 12.2. The van der Waals surface area contributed by atoms with Gasteiger partial charge in [-0.2, -0.15) is 18.2 Å². The number of sulfonamides is 1. The Labute approximate surface area is 229 Å². The summed E-state index contributed by atoms with van der Waals surface area (Å²) in [6, 6.07) is 9.47. The standard InChI is InChI=1S/C25H28F3N7O4S/c1-16-15-39-12-11-35(16)23(36)17-6-8-19(9-7-17)32-24-31-14-20(25(26,27)28)21(33-24)30-13-18-5-4-10-29-22(18)34(2)40(3,37)38/h4-10,14,16H,11-13,15H2,1-3H3,(H2,30,31,32,33)/t16-/m0/s1. The molecule has 2 N–H and O–H groups in total. The summed E-state index contributed by atoms with van der Waals surface area (Å²) in [5.74, 6) is -0.693. The summed E-state index contributed by atoms with van der Waals surface area (Å²) >= 11 is 0. The zero-order valence-electron chi connectivity index (χ0n) is 21.9. The average Bonchev–Trinajstić information content (AvgIpc) is 2.91. The Morgan fingerprint density at radius 1 is 1.20 bits per heavy atom. The van der Waals surface area contributed by atoms with Gasteiger partial charge in [0.05, 0.1) is 25.5 Å². The van der Waals surface area contributed by atoms with E-state index in [0.29, 0.717) is 42.8 Å². The number of alkyl halides is 3. The minimum absolute atomic E-state index is 0.0555. The summed E-state index contributed by atoms with van der Waals surface area (Å²) in [5.41, 5.74) is 0.162. The first-order chi connectivity index (χ1) is 18.8. The molecule has 1 amide bonds. The molecular weight excluding hydrogens is 551 g/mol. The van der Waals surface area contributed by atoms with E-state index in [1.807, 2.05) is 6.92 Å². The molecule has 0 unspecified atom stereocenters. The van der Waals surface area contributed by atoms with E-state index in [1.165, 1.54) is 13.2 Å². The van der Waals surface area contributed by atoms with E-state index in [-0.39, 0.29) is 30.3 Å². The van der Waals surface area contributed by atoms with Crippen molar-refractivity contribution in [3.8, 4) is 0 Å². The van der Waals surface area contributed by atoms with E-state index in [4.69, 9.17) is 4.74 Å². The minimum atomic E-state index is -4.75. The highest BCUT2D eigenvalue weighted by atomic mass is 32.2. The molecule has 214 valence electrons. The molecule has 4 rings (SSSR count). The summed E-state index contributed by atoms with van der Waals surface area (Å²) in [6.45, 7) is 3.12. The molecule has 1 aliphatic rings. The lowest BCUT2D eigenvalue weighted by molar-refractivity contribution is -0.137. The highest BCUT2D eigenvalue weighted by molar-refractivity contribution is 7.92.